The van der Waals surface area contributed by atoms with E-state index < -0.39 is 0 Å². The Morgan fingerprint density at radius 1 is 1.28 bits per heavy atom. The molecular weight excluding hydrogens is 230 g/mol. The predicted molar refractivity (Wildman–Crippen MR) is 70.1 cm³/mol. The van der Waals surface area contributed by atoms with Crippen LogP contribution in [0.3, 0.4) is 0 Å². The van der Waals surface area contributed by atoms with E-state index in [2.05, 4.69) is 18.6 Å². The largest absolute Gasteiger partial charge is 0.468 e. The smallest absolute Gasteiger partial charge is 0.325 e. The highest BCUT2D eigenvalue weighted by molar-refractivity contribution is 5.82. The average molecular weight is 255 g/mol. The summed E-state index contributed by atoms with van der Waals surface area (Å²) in [6.45, 7) is 4.32. The van der Waals surface area contributed by atoms with Crippen LogP contribution in [0.2, 0.25) is 0 Å². The summed E-state index contributed by atoms with van der Waals surface area (Å²) in [4.78, 5) is 25.3. The summed E-state index contributed by atoms with van der Waals surface area (Å²) >= 11 is 0. The Morgan fingerprint density at radius 2 is 1.89 bits per heavy atom. The van der Waals surface area contributed by atoms with E-state index in [4.69, 9.17) is 0 Å². The molecule has 1 aliphatic carbocycles. The summed E-state index contributed by atoms with van der Waals surface area (Å²) in [5, 5.41) is 0. The van der Waals surface area contributed by atoms with Crippen LogP contribution in [0.4, 0.5) is 0 Å². The van der Waals surface area contributed by atoms with E-state index >= 15 is 0 Å². The lowest BCUT2D eigenvalue weighted by atomic mass is 10.1. The van der Waals surface area contributed by atoms with Gasteiger partial charge in [0.25, 0.3) is 0 Å². The summed E-state index contributed by atoms with van der Waals surface area (Å²) in [5.41, 5.74) is 0. The van der Waals surface area contributed by atoms with Crippen molar-refractivity contribution in [2.24, 2.45) is 5.92 Å². The topological polar surface area (TPSA) is 46.6 Å². The zero-order valence-electron chi connectivity index (χ0n) is 11.8. The summed E-state index contributed by atoms with van der Waals surface area (Å²) in [5.74, 6) is 0.290. The second kappa shape index (κ2) is 7.39. The van der Waals surface area contributed by atoms with Crippen LogP contribution in [0, 0.1) is 5.92 Å². The maximum absolute atomic E-state index is 12.2. The van der Waals surface area contributed by atoms with E-state index in [1.807, 2.05) is 0 Å². The third-order valence-electron chi connectivity index (χ3n) is 3.55. The van der Waals surface area contributed by atoms with Gasteiger partial charge in [0.15, 0.2) is 0 Å². The standard InChI is InChI=1S/C14H25NO3/c1-11(2)8-9-13(16)15(10-14(17)18-3)12-6-4-5-7-12/h11-12H,4-10H2,1-3H3. The molecular formula is C14H25NO3. The van der Waals surface area contributed by atoms with Crippen molar-refractivity contribution in [2.45, 2.75) is 58.4 Å². The molecule has 1 saturated carbocycles. The number of carbonyl (C=O) groups excluding carboxylic acids is 2. The fourth-order valence-corrected chi connectivity index (χ4v) is 2.40. The van der Waals surface area contributed by atoms with Crippen molar-refractivity contribution in [3.63, 3.8) is 0 Å². The molecule has 0 saturated heterocycles. The van der Waals surface area contributed by atoms with Gasteiger partial charge in [0.2, 0.25) is 5.91 Å². The lowest BCUT2D eigenvalue weighted by Gasteiger charge is -2.28. The lowest BCUT2D eigenvalue weighted by Crippen LogP contribution is -2.42. The molecule has 0 heterocycles. The van der Waals surface area contributed by atoms with Crippen molar-refractivity contribution in [1.29, 1.82) is 0 Å². The molecule has 0 aromatic carbocycles. The molecule has 18 heavy (non-hydrogen) atoms. The molecule has 0 aliphatic heterocycles. The van der Waals surface area contributed by atoms with Gasteiger partial charge in [-0.3, -0.25) is 9.59 Å². The van der Waals surface area contributed by atoms with Gasteiger partial charge in [-0.1, -0.05) is 26.7 Å². The van der Waals surface area contributed by atoms with E-state index in [0.29, 0.717) is 12.3 Å². The minimum atomic E-state index is -0.320. The molecule has 4 nitrogen and oxygen atoms in total. The number of rotatable bonds is 6. The zero-order chi connectivity index (χ0) is 13.5. The van der Waals surface area contributed by atoms with Gasteiger partial charge in [-0.2, -0.15) is 0 Å². The second-order valence-electron chi connectivity index (χ2n) is 5.47. The fraction of sp³-hybridized carbons (Fsp3) is 0.857. The number of esters is 1. The molecule has 0 N–H and O–H groups in total. The van der Waals surface area contributed by atoms with Crippen molar-refractivity contribution in [2.75, 3.05) is 13.7 Å². The highest BCUT2D eigenvalue weighted by Gasteiger charge is 2.28. The number of methoxy groups -OCH3 is 1. The molecule has 0 radical (unpaired) electrons. The van der Waals surface area contributed by atoms with Gasteiger partial charge in [0.1, 0.15) is 6.54 Å². The van der Waals surface area contributed by atoms with Crippen molar-refractivity contribution < 1.29 is 14.3 Å². The number of hydrogen-bond donors (Lipinski definition) is 0. The van der Waals surface area contributed by atoms with Crippen molar-refractivity contribution in [1.82, 2.24) is 4.90 Å². The SMILES string of the molecule is COC(=O)CN(C(=O)CCC(C)C)C1CCCC1. The molecule has 0 atom stereocenters. The first-order valence-electron chi connectivity index (χ1n) is 6.91. The molecule has 0 unspecified atom stereocenters. The summed E-state index contributed by atoms with van der Waals surface area (Å²) in [6.07, 6.45) is 5.75. The Hall–Kier alpha value is -1.06. The number of amides is 1. The number of hydrogen-bond acceptors (Lipinski definition) is 3. The molecule has 0 aromatic heterocycles. The van der Waals surface area contributed by atoms with Gasteiger partial charge in [-0.25, -0.2) is 0 Å². The van der Waals surface area contributed by atoms with Crippen LogP contribution in [0.5, 0.6) is 0 Å². The minimum absolute atomic E-state index is 0.0981. The first-order valence-corrected chi connectivity index (χ1v) is 6.91. The Balaban J connectivity index is 2.57. The monoisotopic (exact) mass is 255 g/mol. The van der Waals surface area contributed by atoms with E-state index in [9.17, 15) is 9.59 Å². The number of ether oxygens (including phenoxy) is 1. The van der Waals surface area contributed by atoms with Crippen LogP contribution < -0.4 is 0 Å². The van der Waals surface area contributed by atoms with E-state index in [1.165, 1.54) is 7.11 Å². The fourth-order valence-electron chi connectivity index (χ4n) is 2.40. The Kier molecular flexibility index (Phi) is 6.16. The molecule has 1 rings (SSSR count). The predicted octanol–water partition coefficient (Wildman–Crippen LogP) is 2.37. The highest BCUT2D eigenvalue weighted by atomic mass is 16.5. The molecule has 0 aromatic rings. The van der Waals surface area contributed by atoms with Crippen LogP contribution >= 0.6 is 0 Å². The third kappa shape index (κ3) is 4.67. The summed E-state index contributed by atoms with van der Waals surface area (Å²) in [7, 11) is 1.37. The average Bonchev–Trinajstić information content (AvgIpc) is 2.86. The zero-order valence-corrected chi connectivity index (χ0v) is 11.8. The molecule has 1 amide bonds. The van der Waals surface area contributed by atoms with Gasteiger partial charge < -0.3 is 9.64 Å². The minimum Gasteiger partial charge on any atom is -0.468 e. The van der Waals surface area contributed by atoms with Gasteiger partial charge >= 0.3 is 5.97 Å². The first-order chi connectivity index (χ1) is 8.54. The first kappa shape index (κ1) is 15.0. The van der Waals surface area contributed by atoms with Crippen LogP contribution in [-0.4, -0.2) is 36.5 Å². The van der Waals surface area contributed by atoms with E-state index in [-0.39, 0.29) is 24.5 Å². The maximum atomic E-state index is 12.2. The van der Waals surface area contributed by atoms with Gasteiger partial charge in [-0.15, -0.1) is 0 Å². The quantitative estimate of drug-likeness (QED) is 0.684. The van der Waals surface area contributed by atoms with Crippen LogP contribution in [0.25, 0.3) is 0 Å². The summed E-state index contributed by atoms with van der Waals surface area (Å²) in [6, 6.07) is 0.240. The van der Waals surface area contributed by atoms with E-state index in [1.54, 1.807) is 4.90 Å². The Labute approximate surface area is 110 Å². The lowest BCUT2D eigenvalue weighted by molar-refractivity contribution is -0.148. The Morgan fingerprint density at radius 3 is 2.39 bits per heavy atom. The van der Waals surface area contributed by atoms with Crippen LogP contribution in [-0.2, 0) is 14.3 Å². The molecule has 4 heteroatoms. The van der Waals surface area contributed by atoms with Crippen molar-refractivity contribution >= 4 is 11.9 Å². The molecule has 1 aliphatic rings. The van der Waals surface area contributed by atoms with Crippen molar-refractivity contribution in [3.8, 4) is 0 Å². The highest BCUT2D eigenvalue weighted by Crippen LogP contribution is 2.24. The van der Waals surface area contributed by atoms with Crippen molar-refractivity contribution in [3.05, 3.63) is 0 Å². The van der Waals surface area contributed by atoms with Gasteiger partial charge in [0, 0.05) is 12.5 Å². The second-order valence-corrected chi connectivity index (χ2v) is 5.47. The number of carbonyl (C=O) groups is 2. The van der Waals surface area contributed by atoms with Gasteiger partial charge in [-0.05, 0) is 25.2 Å². The van der Waals surface area contributed by atoms with E-state index in [0.717, 1.165) is 32.1 Å². The molecule has 104 valence electrons. The molecule has 1 fully saturated rings. The van der Waals surface area contributed by atoms with Gasteiger partial charge in [0.05, 0.1) is 7.11 Å². The maximum Gasteiger partial charge on any atom is 0.325 e. The normalized spacial score (nSPS) is 16.0. The van der Waals surface area contributed by atoms with Crippen LogP contribution in [0.1, 0.15) is 52.4 Å². The number of nitrogens with zero attached hydrogens (tertiary/aromatic N) is 1. The Bertz CT molecular complexity index is 283. The summed E-state index contributed by atoms with van der Waals surface area (Å²) < 4.78 is 4.68. The molecule has 0 bridgehead atoms. The molecule has 0 spiro atoms. The third-order valence-corrected chi connectivity index (χ3v) is 3.55. The van der Waals surface area contributed by atoms with Crippen LogP contribution in [0.15, 0.2) is 0 Å².